The summed E-state index contributed by atoms with van der Waals surface area (Å²) in [5, 5.41) is 4.29. The van der Waals surface area contributed by atoms with E-state index in [1.165, 1.54) is 37.1 Å². The number of carbonyl (C=O) groups excluding carboxylic acids is 1. The summed E-state index contributed by atoms with van der Waals surface area (Å²) in [5.74, 6) is -0.588. The molecule has 1 amide bonds. The fourth-order valence-electron chi connectivity index (χ4n) is 3.62. The van der Waals surface area contributed by atoms with Crippen LogP contribution in [0, 0.1) is 5.82 Å². The largest absolute Gasteiger partial charge is 0.490 e. The van der Waals surface area contributed by atoms with E-state index in [0.29, 0.717) is 5.69 Å². The number of amides is 1. The number of thiophene rings is 1. The van der Waals surface area contributed by atoms with E-state index in [-0.39, 0.29) is 16.0 Å². The van der Waals surface area contributed by atoms with Crippen molar-refractivity contribution >= 4 is 38.6 Å². The summed E-state index contributed by atoms with van der Waals surface area (Å²) in [7, 11) is -4.11. The monoisotopic (exact) mass is 474 g/mol. The second kappa shape index (κ2) is 9.70. The Balaban J connectivity index is 1.50. The number of rotatable bonds is 8. The predicted octanol–water partition coefficient (Wildman–Crippen LogP) is 5.04. The first-order valence-corrected chi connectivity index (χ1v) is 12.6. The van der Waals surface area contributed by atoms with Crippen molar-refractivity contribution in [3.63, 3.8) is 0 Å². The summed E-state index contributed by atoms with van der Waals surface area (Å²) >= 11 is 1.01. The van der Waals surface area contributed by atoms with Crippen molar-refractivity contribution in [3.05, 3.63) is 71.9 Å². The highest BCUT2D eigenvalue weighted by Gasteiger charge is 2.30. The van der Waals surface area contributed by atoms with Gasteiger partial charge in [0.1, 0.15) is 22.3 Å². The molecule has 0 unspecified atom stereocenters. The van der Waals surface area contributed by atoms with Crippen LogP contribution in [0.5, 0.6) is 5.75 Å². The number of nitrogens with one attached hydrogen (secondary N) is 1. The van der Waals surface area contributed by atoms with E-state index in [0.717, 1.165) is 40.3 Å². The van der Waals surface area contributed by atoms with E-state index in [2.05, 4.69) is 5.32 Å². The fraction of sp³-hybridized carbons (Fsp3) is 0.261. The summed E-state index contributed by atoms with van der Waals surface area (Å²) in [6, 6.07) is 15.4. The lowest BCUT2D eigenvalue weighted by Gasteiger charge is -2.23. The van der Waals surface area contributed by atoms with E-state index in [4.69, 9.17) is 4.74 Å². The van der Waals surface area contributed by atoms with Gasteiger partial charge in [-0.2, -0.15) is 0 Å². The highest BCUT2D eigenvalue weighted by atomic mass is 32.2. The van der Waals surface area contributed by atoms with E-state index in [9.17, 15) is 17.6 Å². The van der Waals surface area contributed by atoms with Crippen molar-refractivity contribution in [2.75, 3.05) is 16.2 Å². The molecule has 1 aromatic heterocycles. The zero-order chi connectivity index (χ0) is 22.6. The van der Waals surface area contributed by atoms with Gasteiger partial charge < -0.3 is 10.1 Å². The van der Waals surface area contributed by atoms with E-state index in [1.807, 2.05) is 0 Å². The summed E-state index contributed by atoms with van der Waals surface area (Å²) in [6.07, 6.45) is 4.66. The summed E-state index contributed by atoms with van der Waals surface area (Å²) in [5.41, 5.74) is 0.312. The number of hydrogen-bond acceptors (Lipinski definition) is 5. The number of benzene rings is 2. The maximum absolute atomic E-state index is 14.5. The molecule has 0 spiro atoms. The third kappa shape index (κ3) is 5.11. The molecule has 0 radical (unpaired) electrons. The van der Waals surface area contributed by atoms with Gasteiger partial charge in [0.25, 0.3) is 10.0 Å². The molecule has 168 valence electrons. The third-order valence-electron chi connectivity index (χ3n) is 5.19. The van der Waals surface area contributed by atoms with Crippen LogP contribution < -0.4 is 14.4 Å². The Kier molecular flexibility index (Phi) is 6.76. The third-order valence-corrected chi connectivity index (χ3v) is 8.32. The molecule has 0 bridgehead atoms. The molecule has 1 N–H and O–H groups in total. The van der Waals surface area contributed by atoms with Gasteiger partial charge in [0, 0.05) is 5.69 Å². The van der Waals surface area contributed by atoms with Crippen LogP contribution in [0.3, 0.4) is 0 Å². The molecule has 9 heteroatoms. The summed E-state index contributed by atoms with van der Waals surface area (Å²) < 4.78 is 47.4. The number of hydrogen-bond donors (Lipinski definition) is 1. The molecule has 32 heavy (non-hydrogen) atoms. The predicted molar refractivity (Wildman–Crippen MR) is 123 cm³/mol. The molecule has 0 saturated heterocycles. The minimum Gasteiger partial charge on any atom is -0.490 e. The minimum atomic E-state index is -4.11. The van der Waals surface area contributed by atoms with Crippen LogP contribution in [0.2, 0.25) is 0 Å². The first-order chi connectivity index (χ1) is 15.4. The van der Waals surface area contributed by atoms with E-state index in [1.54, 1.807) is 35.7 Å². The summed E-state index contributed by atoms with van der Waals surface area (Å²) in [4.78, 5) is 12.7. The molecule has 1 fully saturated rings. The lowest BCUT2D eigenvalue weighted by atomic mass is 10.2. The Bertz CT molecular complexity index is 1160. The highest BCUT2D eigenvalue weighted by molar-refractivity contribution is 7.94. The van der Waals surface area contributed by atoms with Crippen molar-refractivity contribution in [1.29, 1.82) is 0 Å². The fourth-order valence-corrected chi connectivity index (χ4v) is 6.15. The number of anilines is 2. The quantitative estimate of drug-likeness (QED) is 0.496. The van der Waals surface area contributed by atoms with Crippen LogP contribution in [0.4, 0.5) is 15.8 Å². The second-order valence-electron chi connectivity index (χ2n) is 7.49. The maximum Gasteiger partial charge on any atom is 0.274 e. The lowest BCUT2D eigenvalue weighted by Crippen LogP contribution is -2.38. The van der Waals surface area contributed by atoms with Crippen LogP contribution in [0.25, 0.3) is 0 Å². The van der Waals surface area contributed by atoms with E-state index >= 15 is 0 Å². The van der Waals surface area contributed by atoms with Crippen LogP contribution in [0.15, 0.2) is 70.3 Å². The molecule has 0 atom stereocenters. The SMILES string of the molecule is O=C(CN(c1ccccc1F)S(=O)(=O)c1cccs1)Nc1ccc(OC2CCCC2)cc1. The maximum atomic E-state index is 14.5. The van der Waals surface area contributed by atoms with Gasteiger partial charge in [-0.05, 0) is 73.5 Å². The van der Waals surface area contributed by atoms with Gasteiger partial charge in [0.15, 0.2) is 0 Å². The van der Waals surface area contributed by atoms with Gasteiger partial charge >= 0.3 is 0 Å². The average Bonchev–Trinajstić information content (AvgIpc) is 3.49. The van der Waals surface area contributed by atoms with Crippen LogP contribution in [-0.2, 0) is 14.8 Å². The van der Waals surface area contributed by atoms with Gasteiger partial charge in [0.2, 0.25) is 5.91 Å². The second-order valence-corrected chi connectivity index (χ2v) is 10.5. The Morgan fingerprint density at radius 1 is 1.06 bits per heavy atom. The van der Waals surface area contributed by atoms with Crippen molar-refractivity contribution in [2.24, 2.45) is 0 Å². The zero-order valence-electron chi connectivity index (χ0n) is 17.2. The molecule has 1 saturated carbocycles. The molecule has 2 aromatic carbocycles. The zero-order valence-corrected chi connectivity index (χ0v) is 18.9. The van der Waals surface area contributed by atoms with Crippen LogP contribution in [-0.4, -0.2) is 27.0 Å². The van der Waals surface area contributed by atoms with Crippen molar-refractivity contribution < 1.29 is 22.3 Å². The normalized spacial score (nSPS) is 14.3. The number of sulfonamides is 1. The van der Waals surface area contributed by atoms with Gasteiger partial charge in [0.05, 0.1) is 11.8 Å². The molecule has 1 heterocycles. The molecular weight excluding hydrogens is 451 g/mol. The van der Waals surface area contributed by atoms with Gasteiger partial charge in [-0.3, -0.25) is 9.10 Å². The van der Waals surface area contributed by atoms with Crippen molar-refractivity contribution in [3.8, 4) is 5.75 Å². The lowest BCUT2D eigenvalue weighted by molar-refractivity contribution is -0.114. The molecular formula is C23H23FN2O4S2. The Hall–Kier alpha value is -2.91. The topological polar surface area (TPSA) is 75.7 Å². The minimum absolute atomic E-state index is 0.0296. The standard InChI is InChI=1S/C23H23FN2O4S2/c24-20-8-3-4-9-21(20)26(32(28,29)23-10-5-15-31-23)16-22(27)25-17-11-13-19(14-12-17)30-18-6-1-2-7-18/h3-5,8-15,18H,1-2,6-7,16H2,(H,25,27). The smallest absolute Gasteiger partial charge is 0.274 e. The van der Waals surface area contributed by atoms with Gasteiger partial charge in [-0.1, -0.05) is 18.2 Å². The van der Waals surface area contributed by atoms with Crippen LogP contribution >= 0.6 is 11.3 Å². The number of ether oxygens (including phenoxy) is 1. The molecule has 3 aromatic rings. The number of carbonyl (C=O) groups is 1. The Labute approximate surface area is 190 Å². The van der Waals surface area contributed by atoms with Crippen molar-refractivity contribution in [1.82, 2.24) is 0 Å². The average molecular weight is 475 g/mol. The Morgan fingerprint density at radius 3 is 2.44 bits per heavy atom. The molecule has 1 aliphatic carbocycles. The van der Waals surface area contributed by atoms with E-state index < -0.39 is 28.3 Å². The number of nitrogens with zero attached hydrogens (tertiary/aromatic N) is 1. The Morgan fingerprint density at radius 2 is 1.78 bits per heavy atom. The molecule has 1 aliphatic rings. The first-order valence-electron chi connectivity index (χ1n) is 10.3. The molecule has 0 aliphatic heterocycles. The highest BCUT2D eigenvalue weighted by Crippen LogP contribution is 2.29. The van der Waals surface area contributed by atoms with Crippen molar-refractivity contribution in [2.45, 2.75) is 36.0 Å². The summed E-state index contributed by atoms with van der Waals surface area (Å²) in [6.45, 7) is -0.568. The van der Waals surface area contributed by atoms with Gasteiger partial charge in [-0.15, -0.1) is 11.3 Å². The molecule has 4 rings (SSSR count). The first kappa shape index (κ1) is 22.3. The van der Waals surface area contributed by atoms with Crippen LogP contribution in [0.1, 0.15) is 25.7 Å². The molecule has 6 nitrogen and oxygen atoms in total. The van der Waals surface area contributed by atoms with Gasteiger partial charge in [-0.25, -0.2) is 12.8 Å². The number of para-hydroxylation sites is 1. The number of halogens is 1.